The summed E-state index contributed by atoms with van der Waals surface area (Å²) in [7, 11) is -2.68. The second kappa shape index (κ2) is 4.87. The van der Waals surface area contributed by atoms with Gasteiger partial charge in [-0.1, -0.05) is 0 Å². The van der Waals surface area contributed by atoms with Crippen LogP contribution in [0, 0.1) is 11.3 Å². The van der Waals surface area contributed by atoms with Gasteiger partial charge in [0.25, 0.3) is 0 Å². The highest BCUT2D eigenvalue weighted by Gasteiger charge is 2.26. The third kappa shape index (κ3) is 4.11. The minimum absolute atomic E-state index is 0.145. The van der Waals surface area contributed by atoms with Gasteiger partial charge in [0.05, 0.1) is 12.1 Å². The van der Waals surface area contributed by atoms with E-state index < -0.39 is 10.4 Å². The highest BCUT2D eigenvalue weighted by molar-refractivity contribution is 7.80. The van der Waals surface area contributed by atoms with Gasteiger partial charge in [-0.05, 0) is 19.9 Å². The molecule has 0 aromatic rings. The zero-order chi connectivity index (χ0) is 11.5. The minimum Gasteiger partial charge on any atom is -0.289 e. The third-order valence-corrected chi connectivity index (χ3v) is 2.60. The number of nitriles is 1. The van der Waals surface area contributed by atoms with E-state index in [9.17, 15) is 8.42 Å². The SMILES string of the molecule is CN1C[C@@H](NOS(=O)(=O)O)CC[C@H]1C#N. The van der Waals surface area contributed by atoms with Crippen LogP contribution in [0.25, 0.3) is 0 Å². The standard InChI is InChI=1S/C7H13N3O4S/c1-10-5-6(2-3-7(10)4-8)9-14-15(11,12)13/h6-7,9H,2-3,5H2,1H3,(H,11,12,13)/t6-,7-/m0/s1. The summed E-state index contributed by atoms with van der Waals surface area (Å²) in [6, 6.07) is 1.78. The molecule has 7 nitrogen and oxygen atoms in total. The van der Waals surface area contributed by atoms with E-state index in [0.29, 0.717) is 19.4 Å². The number of rotatable bonds is 3. The average molecular weight is 235 g/mol. The lowest BCUT2D eigenvalue weighted by molar-refractivity contribution is 0.0861. The summed E-state index contributed by atoms with van der Waals surface area (Å²) in [6.07, 6.45) is 1.26. The van der Waals surface area contributed by atoms with E-state index >= 15 is 0 Å². The Morgan fingerprint density at radius 3 is 2.73 bits per heavy atom. The molecule has 0 saturated carbocycles. The van der Waals surface area contributed by atoms with Crippen molar-refractivity contribution in [2.75, 3.05) is 13.6 Å². The number of likely N-dealkylation sites (N-methyl/N-ethyl adjacent to an activating group) is 1. The molecule has 0 radical (unpaired) electrons. The van der Waals surface area contributed by atoms with Crippen molar-refractivity contribution in [3.63, 3.8) is 0 Å². The first-order valence-electron chi connectivity index (χ1n) is 4.43. The fourth-order valence-electron chi connectivity index (χ4n) is 1.53. The molecule has 1 rings (SSSR count). The smallest absolute Gasteiger partial charge is 0.289 e. The van der Waals surface area contributed by atoms with E-state index in [-0.39, 0.29) is 12.1 Å². The molecule has 0 spiro atoms. The normalized spacial score (nSPS) is 28.6. The van der Waals surface area contributed by atoms with Crippen molar-refractivity contribution >= 4 is 10.4 Å². The zero-order valence-electron chi connectivity index (χ0n) is 8.25. The molecular weight excluding hydrogens is 222 g/mol. The topological polar surface area (TPSA) is 103 Å². The number of hydrogen-bond donors (Lipinski definition) is 2. The second-order valence-electron chi connectivity index (χ2n) is 3.49. The molecule has 2 atom stereocenters. The number of nitrogens with zero attached hydrogens (tertiary/aromatic N) is 2. The summed E-state index contributed by atoms with van der Waals surface area (Å²) < 4.78 is 32.9. The summed E-state index contributed by atoms with van der Waals surface area (Å²) in [4.78, 5) is 1.80. The largest absolute Gasteiger partial charge is 0.413 e. The molecule has 0 aliphatic carbocycles. The molecule has 1 saturated heterocycles. The summed E-state index contributed by atoms with van der Waals surface area (Å²) >= 11 is 0. The quantitative estimate of drug-likeness (QED) is 0.492. The van der Waals surface area contributed by atoms with Gasteiger partial charge < -0.3 is 0 Å². The Hall–Kier alpha value is -0.720. The van der Waals surface area contributed by atoms with E-state index in [1.807, 2.05) is 0 Å². The third-order valence-electron chi connectivity index (χ3n) is 2.30. The van der Waals surface area contributed by atoms with Crippen LogP contribution in [0.2, 0.25) is 0 Å². The molecule has 0 bridgehead atoms. The number of nitrogens with one attached hydrogen (secondary N) is 1. The van der Waals surface area contributed by atoms with Gasteiger partial charge >= 0.3 is 10.4 Å². The fourth-order valence-corrected chi connectivity index (χ4v) is 1.79. The number of hydroxylamine groups is 1. The lowest BCUT2D eigenvalue weighted by Gasteiger charge is -2.32. The van der Waals surface area contributed by atoms with Crippen LogP contribution >= 0.6 is 0 Å². The van der Waals surface area contributed by atoms with Crippen LogP contribution in [-0.4, -0.2) is 43.5 Å². The van der Waals surface area contributed by atoms with Crippen LogP contribution in [0.5, 0.6) is 0 Å². The van der Waals surface area contributed by atoms with Crippen LogP contribution in [0.15, 0.2) is 0 Å². The van der Waals surface area contributed by atoms with Gasteiger partial charge in [0.1, 0.15) is 0 Å². The summed E-state index contributed by atoms with van der Waals surface area (Å²) in [5, 5.41) is 8.73. The molecule has 2 N–H and O–H groups in total. The van der Waals surface area contributed by atoms with Gasteiger partial charge in [0, 0.05) is 12.6 Å². The molecule has 0 amide bonds. The maximum absolute atomic E-state index is 10.3. The first kappa shape index (κ1) is 12.4. The molecule has 1 fully saturated rings. The Labute approximate surface area is 88.5 Å². The molecule has 1 heterocycles. The summed E-state index contributed by atoms with van der Waals surface area (Å²) in [5.41, 5.74) is 2.25. The van der Waals surface area contributed by atoms with Crippen molar-refractivity contribution in [2.24, 2.45) is 0 Å². The monoisotopic (exact) mass is 235 g/mol. The van der Waals surface area contributed by atoms with E-state index in [1.165, 1.54) is 0 Å². The molecule has 0 aromatic carbocycles. The zero-order valence-corrected chi connectivity index (χ0v) is 9.07. The predicted octanol–water partition coefficient (Wildman–Crippen LogP) is -0.703. The Morgan fingerprint density at radius 1 is 1.60 bits per heavy atom. The summed E-state index contributed by atoms with van der Waals surface area (Å²) in [5.74, 6) is 0. The van der Waals surface area contributed by atoms with E-state index in [2.05, 4.69) is 15.8 Å². The molecule has 8 heteroatoms. The molecule has 0 aromatic heterocycles. The minimum atomic E-state index is -4.45. The molecule has 15 heavy (non-hydrogen) atoms. The molecule has 1 aliphatic rings. The van der Waals surface area contributed by atoms with Crippen molar-refractivity contribution < 1.29 is 17.3 Å². The Morgan fingerprint density at radius 2 is 2.27 bits per heavy atom. The summed E-state index contributed by atoms with van der Waals surface area (Å²) in [6.45, 7) is 0.494. The van der Waals surface area contributed by atoms with E-state index in [4.69, 9.17) is 9.81 Å². The second-order valence-corrected chi connectivity index (χ2v) is 4.51. The van der Waals surface area contributed by atoms with Crippen molar-refractivity contribution in [1.29, 1.82) is 5.26 Å². The van der Waals surface area contributed by atoms with Gasteiger partial charge in [-0.3, -0.25) is 9.45 Å². The highest BCUT2D eigenvalue weighted by Crippen LogP contribution is 2.14. The fraction of sp³-hybridized carbons (Fsp3) is 0.857. The molecule has 86 valence electrons. The first-order chi connectivity index (χ1) is 6.92. The van der Waals surface area contributed by atoms with Crippen LogP contribution in [0.4, 0.5) is 0 Å². The Bertz CT molecular complexity index is 350. The van der Waals surface area contributed by atoms with Gasteiger partial charge in [0.2, 0.25) is 0 Å². The first-order valence-corrected chi connectivity index (χ1v) is 5.80. The van der Waals surface area contributed by atoms with Crippen LogP contribution in [0.3, 0.4) is 0 Å². The highest BCUT2D eigenvalue weighted by atomic mass is 32.3. The van der Waals surface area contributed by atoms with Crippen molar-refractivity contribution in [1.82, 2.24) is 10.4 Å². The number of hydrogen-bond acceptors (Lipinski definition) is 6. The van der Waals surface area contributed by atoms with Crippen molar-refractivity contribution in [3.05, 3.63) is 0 Å². The molecule has 0 unspecified atom stereocenters. The maximum atomic E-state index is 10.3. The predicted molar refractivity (Wildman–Crippen MR) is 50.8 cm³/mol. The Kier molecular flexibility index (Phi) is 4.01. The van der Waals surface area contributed by atoms with Crippen molar-refractivity contribution in [2.45, 2.75) is 24.9 Å². The maximum Gasteiger partial charge on any atom is 0.413 e. The number of piperidine rings is 1. The van der Waals surface area contributed by atoms with Crippen LogP contribution < -0.4 is 5.48 Å². The Balaban J connectivity index is 2.39. The van der Waals surface area contributed by atoms with Crippen LogP contribution in [-0.2, 0) is 14.7 Å². The van der Waals surface area contributed by atoms with E-state index in [0.717, 1.165) is 0 Å². The van der Waals surface area contributed by atoms with Gasteiger partial charge in [0.15, 0.2) is 0 Å². The van der Waals surface area contributed by atoms with E-state index in [1.54, 1.807) is 11.9 Å². The van der Waals surface area contributed by atoms with Crippen LogP contribution in [0.1, 0.15) is 12.8 Å². The van der Waals surface area contributed by atoms with Gasteiger partial charge in [-0.15, -0.1) is 0 Å². The van der Waals surface area contributed by atoms with Gasteiger partial charge in [-0.25, -0.2) is 0 Å². The number of likely N-dealkylation sites (tertiary alicyclic amines) is 1. The molecule has 1 aliphatic heterocycles. The molecular formula is C7H13N3O4S. The lowest BCUT2D eigenvalue weighted by atomic mass is 10.0. The average Bonchev–Trinajstić information content (AvgIpc) is 2.14. The van der Waals surface area contributed by atoms with Gasteiger partial charge in [-0.2, -0.15) is 23.4 Å². The van der Waals surface area contributed by atoms with Crippen molar-refractivity contribution in [3.8, 4) is 6.07 Å². The lowest BCUT2D eigenvalue weighted by Crippen LogP contribution is -2.48.